The van der Waals surface area contributed by atoms with Gasteiger partial charge in [0.25, 0.3) is 0 Å². The van der Waals surface area contributed by atoms with Crippen molar-refractivity contribution in [3.05, 3.63) is 71.8 Å². The summed E-state index contributed by atoms with van der Waals surface area (Å²) in [6.45, 7) is 3.25. The third-order valence-electron chi connectivity index (χ3n) is 3.53. The number of nitrogens with zero attached hydrogens (tertiary/aromatic N) is 1. The first-order chi connectivity index (χ1) is 10.2. The summed E-state index contributed by atoms with van der Waals surface area (Å²) in [5.74, 6) is 0.00482. The molecular weight excluding hydrogens is 296 g/mol. The summed E-state index contributed by atoms with van der Waals surface area (Å²) in [6, 6.07) is 19.4. The van der Waals surface area contributed by atoms with E-state index < -0.39 is 6.04 Å². The van der Waals surface area contributed by atoms with Crippen LogP contribution in [0, 0.1) is 0 Å². The van der Waals surface area contributed by atoms with Gasteiger partial charge in [0.05, 0.1) is 6.04 Å². The van der Waals surface area contributed by atoms with E-state index in [1.807, 2.05) is 72.5 Å². The Balaban J connectivity index is 0.00000242. The highest BCUT2D eigenvalue weighted by Gasteiger charge is 2.20. The molecule has 0 fully saturated rings. The molecule has 0 aliphatic heterocycles. The van der Waals surface area contributed by atoms with Crippen molar-refractivity contribution in [2.24, 2.45) is 5.73 Å². The number of benzene rings is 2. The molecule has 4 heteroatoms. The van der Waals surface area contributed by atoms with Crippen molar-refractivity contribution in [2.75, 3.05) is 6.54 Å². The lowest BCUT2D eigenvalue weighted by Gasteiger charge is -2.24. The summed E-state index contributed by atoms with van der Waals surface area (Å²) in [4.78, 5) is 14.3. The van der Waals surface area contributed by atoms with Crippen molar-refractivity contribution >= 4 is 18.3 Å². The first kappa shape index (κ1) is 18.2. The Labute approximate surface area is 138 Å². The minimum atomic E-state index is -0.490. The number of rotatable bonds is 6. The van der Waals surface area contributed by atoms with Gasteiger partial charge in [-0.15, -0.1) is 12.4 Å². The molecule has 2 aromatic rings. The number of hydrogen-bond donors (Lipinski definition) is 1. The fourth-order valence-corrected chi connectivity index (χ4v) is 2.34. The first-order valence-corrected chi connectivity index (χ1v) is 7.33. The Morgan fingerprint density at radius 1 is 1.00 bits per heavy atom. The van der Waals surface area contributed by atoms with E-state index >= 15 is 0 Å². The largest absolute Gasteiger partial charge is 0.337 e. The number of halogens is 1. The average Bonchev–Trinajstić information content (AvgIpc) is 2.54. The number of likely N-dealkylation sites (N-methyl/N-ethyl adjacent to an activating group) is 1. The van der Waals surface area contributed by atoms with Crippen molar-refractivity contribution in [3.8, 4) is 0 Å². The number of nitrogens with two attached hydrogens (primary N) is 1. The lowest BCUT2D eigenvalue weighted by molar-refractivity contribution is -0.133. The molecule has 0 aliphatic rings. The van der Waals surface area contributed by atoms with Crippen LogP contribution in [0.1, 0.15) is 18.1 Å². The lowest BCUT2D eigenvalue weighted by atomic mass is 10.1. The molecular formula is C18H23ClN2O. The van der Waals surface area contributed by atoms with Crippen LogP contribution in [0.4, 0.5) is 0 Å². The minimum Gasteiger partial charge on any atom is -0.337 e. The van der Waals surface area contributed by atoms with Crippen LogP contribution in [-0.2, 0) is 17.8 Å². The number of amides is 1. The summed E-state index contributed by atoms with van der Waals surface area (Å²) in [5.41, 5.74) is 8.30. The fourth-order valence-electron chi connectivity index (χ4n) is 2.34. The summed E-state index contributed by atoms with van der Waals surface area (Å²) < 4.78 is 0. The molecule has 1 unspecified atom stereocenters. The molecule has 22 heavy (non-hydrogen) atoms. The van der Waals surface area contributed by atoms with Gasteiger partial charge >= 0.3 is 0 Å². The summed E-state index contributed by atoms with van der Waals surface area (Å²) in [6.07, 6.45) is 0.574. The van der Waals surface area contributed by atoms with E-state index in [0.29, 0.717) is 19.5 Å². The first-order valence-electron chi connectivity index (χ1n) is 7.33. The van der Waals surface area contributed by atoms with Crippen molar-refractivity contribution in [1.82, 2.24) is 4.90 Å². The monoisotopic (exact) mass is 318 g/mol. The zero-order chi connectivity index (χ0) is 15.1. The Bertz CT molecular complexity index is 560. The maximum atomic E-state index is 12.5. The van der Waals surface area contributed by atoms with Gasteiger partial charge in [0.15, 0.2) is 0 Å². The van der Waals surface area contributed by atoms with E-state index in [1.54, 1.807) is 0 Å². The summed E-state index contributed by atoms with van der Waals surface area (Å²) in [7, 11) is 0. The highest BCUT2D eigenvalue weighted by Crippen LogP contribution is 2.08. The number of hydrogen-bond acceptors (Lipinski definition) is 2. The molecule has 0 heterocycles. The molecule has 2 rings (SSSR count). The van der Waals surface area contributed by atoms with Crippen LogP contribution in [0.25, 0.3) is 0 Å². The van der Waals surface area contributed by atoms with E-state index in [2.05, 4.69) is 0 Å². The van der Waals surface area contributed by atoms with E-state index in [0.717, 1.165) is 11.1 Å². The van der Waals surface area contributed by atoms with E-state index in [4.69, 9.17) is 5.73 Å². The Morgan fingerprint density at radius 3 is 2.00 bits per heavy atom. The van der Waals surface area contributed by atoms with Crippen LogP contribution in [0.5, 0.6) is 0 Å². The molecule has 0 aromatic heterocycles. The predicted octanol–water partition coefficient (Wildman–Crippen LogP) is 3.03. The topological polar surface area (TPSA) is 46.3 Å². The van der Waals surface area contributed by atoms with Crippen LogP contribution >= 0.6 is 12.4 Å². The van der Waals surface area contributed by atoms with Crippen molar-refractivity contribution in [3.63, 3.8) is 0 Å². The molecule has 0 aliphatic carbocycles. The zero-order valence-electron chi connectivity index (χ0n) is 12.8. The van der Waals surface area contributed by atoms with Crippen LogP contribution in [0.15, 0.2) is 60.7 Å². The highest BCUT2D eigenvalue weighted by atomic mass is 35.5. The second-order valence-electron chi connectivity index (χ2n) is 5.13. The van der Waals surface area contributed by atoms with Crippen LogP contribution in [0.3, 0.4) is 0 Å². The second kappa shape index (κ2) is 9.23. The van der Waals surface area contributed by atoms with Crippen LogP contribution in [-0.4, -0.2) is 23.4 Å². The predicted molar refractivity (Wildman–Crippen MR) is 92.9 cm³/mol. The molecule has 0 spiro atoms. The molecule has 1 atom stereocenters. The molecule has 3 nitrogen and oxygen atoms in total. The molecule has 0 bridgehead atoms. The van der Waals surface area contributed by atoms with Gasteiger partial charge in [0, 0.05) is 13.1 Å². The molecule has 1 amide bonds. The fraction of sp³-hybridized carbons (Fsp3) is 0.278. The number of carbonyl (C=O) groups is 1. The molecule has 2 aromatic carbocycles. The maximum absolute atomic E-state index is 12.5. The third kappa shape index (κ3) is 5.17. The van der Waals surface area contributed by atoms with Gasteiger partial charge in [-0.05, 0) is 24.5 Å². The van der Waals surface area contributed by atoms with E-state index in [1.165, 1.54) is 0 Å². The van der Waals surface area contributed by atoms with Crippen molar-refractivity contribution in [1.29, 1.82) is 0 Å². The van der Waals surface area contributed by atoms with Crippen molar-refractivity contribution < 1.29 is 4.79 Å². The van der Waals surface area contributed by atoms with Gasteiger partial charge in [0.2, 0.25) is 5.91 Å². The smallest absolute Gasteiger partial charge is 0.240 e. The molecule has 118 valence electrons. The minimum absolute atomic E-state index is 0. The quantitative estimate of drug-likeness (QED) is 0.890. The van der Waals surface area contributed by atoms with E-state index in [9.17, 15) is 4.79 Å². The average molecular weight is 319 g/mol. The Kier molecular flexibility index (Phi) is 7.64. The van der Waals surface area contributed by atoms with E-state index in [-0.39, 0.29) is 18.3 Å². The highest BCUT2D eigenvalue weighted by molar-refractivity contribution is 5.85. The molecule has 2 N–H and O–H groups in total. The van der Waals surface area contributed by atoms with Gasteiger partial charge in [-0.3, -0.25) is 4.79 Å². The molecule has 0 radical (unpaired) electrons. The van der Waals surface area contributed by atoms with Gasteiger partial charge in [-0.1, -0.05) is 60.7 Å². The zero-order valence-corrected chi connectivity index (χ0v) is 13.6. The van der Waals surface area contributed by atoms with Crippen LogP contribution < -0.4 is 5.73 Å². The SMILES string of the molecule is CCN(Cc1ccccc1)C(=O)C(N)Cc1ccccc1.Cl. The third-order valence-corrected chi connectivity index (χ3v) is 3.53. The van der Waals surface area contributed by atoms with Crippen molar-refractivity contribution in [2.45, 2.75) is 25.9 Å². The Morgan fingerprint density at radius 2 is 1.50 bits per heavy atom. The maximum Gasteiger partial charge on any atom is 0.240 e. The summed E-state index contributed by atoms with van der Waals surface area (Å²) >= 11 is 0. The lowest BCUT2D eigenvalue weighted by Crippen LogP contribution is -2.44. The normalized spacial score (nSPS) is 11.4. The van der Waals surface area contributed by atoms with Crippen LogP contribution in [0.2, 0.25) is 0 Å². The van der Waals surface area contributed by atoms with Gasteiger partial charge in [-0.2, -0.15) is 0 Å². The summed E-state index contributed by atoms with van der Waals surface area (Å²) in [5, 5.41) is 0. The molecule has 0 saturated heterocycles. The van der Waals surface area contributed by atoms with Gasteiger partial charge in [0.1, 0.15) is 0 Å². The Hall–Kier alpha value is -1.84. The second-order valence-corrected chi connectivity index (χ2v) is 5.13. The standard InChI is InChI=1S/C18H22N2O.ClH/c1-2-20(14-16-11-7-4-8-12-16)18(21)17(19)13-15-9-5-3-6-10-15;/h3-12,17H,2,13-14,19H2,1H3;1H. The van der Waals surface area contributed by atoms with Gasteiger partial charge in [-0.25, -0.2) is 0 Å². The molecule has 0 saturated carbocycles. The number of carbonyl (C=O) groups excluding carboxylic acids is 1. The van der Waals surface area contributed by atoms with Gasteiger partial charge < -0.3 is 10.6 Å².